The Labute approximate surface area is 115 Å². The van der Waals surface area contributed by atoms with Crippen LogP contribution < -0.4 is 5.32 Å². The predicted octanol–water partition coefficient (Wildman–Crippen LogP) is 3.30. The van der Waals surface area contributed by atoms with Crippen molar-refractivity contribution in [2.45, 2.75) is 6.42 Å². The average Bonchev–Trinajstić information content (AvgIpc) is 2.41. The Morgan fingerprint density at radius 1 is 1.26 bits per heavy atom. The summed E-state index contributed by atoms with van der Waals surface area (Å²) < 4.78 is 0. The minimum absolute atomic E-state index is 0.0152. The molecule has 1 heterocycles. The monoisotopic (exact) mass is 277 g/mol. The summed E-state index contributed by atoms with van der Waals surface area (Å²) in [7, 11) is 0. The molecule has 1 aromatic carbocycles. The third-order valence-electron chi connectivity index (χ3n) is 2.64. The van der Waals surface area contributed by atoms with Gasteiger partial charge in [0.2, 0.25) is 0 Å². The van der Waals surface area contributed by atoms with Crippen molar-refractivity contribution in [1.29, 1.82) is 0 Å². The largest absolute Gasteiger partial charge is 0.379 e. The van der Waals surface area contributed by atoms with Crippen LogP contribution in [0.5, 0.6) is 0 Å². The van der Waals surface area contributed by atoms with Crippen LogP contribution in [0.4, 0.5) is 11.4 Å². The molecule has 98 valence electrons. The second-order valence-electron chi connectivity index (χ2n) is 3.95. The zero-order valence-corrected chi connectivity index (χ0v) is 10.8. The lowest BCUT2D eigenvalue weighted by Crippen LogP contribution is -2.07. The van der Waals surface area contributed by atoms with Gasteiger partial charge in [0.15, 0.2) is 0 Å². The van der Waals surface area contributed by atoms with Crippen LogP contribution in [0.15, 0.2) is 42.7 Å². The SMILES string of the molecule is O=[N+]([O-])c1cnccc1NCCc1ccc(Cl)cc1. The molecule has 2 rings (SSSR count). The number of nitrogens with zero attached hydrogens (tertiary/aromatic N) is 2. The summed E-state index contributed by atoms with van der Waals surface area (Å²) in [6.45, 7) is 0.604. The Bertz CT molecular complexity index is 572. The van der Waals surface area contributed by atoms with E-state index in [0.29, 0.717) is 17.3 Å². The van der Waals surface area contributed by atoms with Gasteiger partial charge in [-0.05, 0) is 30.2 Å². The molecular formula is C13H12ClN3O2. The standard InChI is InChI=1S/C13H12ClN3O2/c14-11-3-1-10(2-4-11)5-8-16-12-6-7-15-9-13(12)17(18)19/h1-4,6-7,9H,5,8H2,(H,15,16). The van der Waals surface area contributed by atoms with Crippen molar-refractivity contribution in [3.8, 4) is 0 Å². The van der Waals surface area contributed by atoms with Gasteiger partial charge < -0.3 is 5.32 Å². The van der Waals surface area contributed by atoms with E-state index in [-0.39, 0.29) is 5.69 Å². The van der Waals surface area contributed by atoms with Gasteiger partial charge in [-0.2, -0.15) is 0 Å². The molecule has 0 spiro atoms. The van der Waals surface area contributed by atoms with Crippen molar-refractivity contribution in [1.82, 2.24) is 4.98 Å². The number of hydrogen-bond donors (Lipinski definition) is 1. The number of nitrogens with one attached hydrogen (secondary N) is 1. The lowest BCUT2D eigenvalue weighted by atomic mass is 10.1. The normalized spacial score (nSPS) is 10.2. The van der Waals surface area contributed by atoms with Crippen molar-refractivity contribution in [3.63, 3.8) is 0 Å². The van der Waals surface area contributed by atoms with Crippen LogP contribution in [0.1, 0.15) is 5.56 Å². The smallest absolute Gasteiger partial charge is 0.310 e. The van der Waals surface area contributed by atoms with Gasteiger partial charge in [0.1, 0.15) is 11.9 Å². The molecule has 0 unspecified atom stereocenters. The molecule has 0 saturated carbocycles. The number of nitro groups is 1. The van der Waals surface area contributed by atoms with Gasteiger partial charge >= 0.3 is 5.69 Å². The van der Waals surface area contributed by atoms with Crippen LogP contribution in [0.3, 0.4) is 0 Å². The molecule has 5 nitrogen and oxygen atoms in total. The van der Waals surface area contributed by atoms with E-state index in [1.165, 1.54) is 12.4 Å². The van der Waals surface area contributed by atoms with Crippen molar-refractivity contribution in [3.05, 3.63) is 63.4 Å². The molecule has 1 aromatic heterocycles. The van der Waals surface area contributed by atoms with Gasteiger partial charge in [-0.1, -0.05) is 23.7 Å². The number of anilines is 1. The van der Waals surface area contributed by atoms with Crippen LogP contribution in [-0.2, 0) is 6.42 Å². The first kappa shape index (κ1) is 13.3. The Kier molecular flexibility index (Phi) is 4.30. The number of benzene rings is 1. The summed E-state index contributed by atoms with van der Waals surface area (Å²) in [5.41, 5.74) is 1.58. The van der Waals surface area contributed by atoms with Crippen LogP contribution in [0.25, 0.3) is 0 Å². The highest BCUT2D eigenvalue weighted by atomic mass is 35.5. The van der Waals surface area contributed by atoms with Crippen LogP contribution >= 0.6 is 11.6 Å². The zero-order valence-electron chi connectivity index (χ0n) is 10.0. The van der Waals surface area contributed by atoms with E-state index >= 15 is 0 Å². The second kappa shape index (κ2) is 6.15. The molecule has 0 aliphatic heterocycles. The first-order valence-corrected chi connectivity index (χ1v) is 6.11. The molecule has 0 atom stereocenters. The quantitative estimate of drug-likeness (QED) is 0.672. The molecule has 0 fully saturated rings. The lowest BCUT2D eigenvalue weighted by molar-refractivity contribution is -0.384. The molecule has 0 bridgehead atoms. The van der Waals surface area contributed by atoms with E-state index < -0.39 is 4.92 Å². The number of aromatic nitrogens is 1. The van der Waals surface area contributed by atoms with Crippen molar-refractivity contribution >= 4 is 23.0 Å². The molecule has 2 aromatic rings. The van der Waals surface area contributed by atoms with E-state index in [1.54, 1.807) is 6.07 Å². The molecule has 0 aliphatic rings. The molecule has 6 heteroatoms. The zero-order chi connectivity index (χ0) is 13.7. The van der Waals surface area contributed by atoms with E-state index in [4.69, 9.17) is 11.6 Å². The third kappa shape index (κ3) is 3.66. The Morgan fingerprint density at radius 3 is 2.68 bits per heavy atom. The van der Waals surface area contributed by atoms with Gasteiger partial charge in [0.25, 0.3) is 0 Å². The Balaban J connectivity index is 1.96. The summed E-state index contributed by atoms with van der Waals surface area (Å²) >= 11 is 5.80. The van der Waals surface area contributed by atoms with Gasteiger partial charge in [-0.3, -0.25) is 15.1 Å². The van der Waals surface area contributed by atoms with Crippen molar-refractivity contribution in [2.75, 3.05) is 11.9 Å². The summed E-state index contributed by atoms with van der Waals surface area (Å²) in [4.78, 5) is 14.1. The Morgan fingerprint density at radius 2 is 2.00 bits per heavy atom. The van der Waals surface area contributed by atoms with Crippen molar-refractivity contribution in [2.24, 2.45) is 0 Å². The molecule has 0 aliphatic carbocycles. The van der Waals surface area contributed by atoms with E-state index in [9.17, 15) is 10.1 Å². The van der Waals surface area contributed by atoms with Gasteiger partial charge in [0.05, 0.1) is 4.92 Å². The number of rotatable bonds is 5. The average molecular weight is 278 g/mol. The van der Waals surface area contributed by atoms with E-state index in [2.05, 4.69) is 10.3 Å². The molecule has 19 heavy (non-hydrogen) atoms. The minimum atomic E-state index is -0.447. The first-order valence-electron chi connectivity index (χ1n) is 5.73. The number of halogens is 1. The summed E-state index contributed by atoms with van der Waals surface area (Å²) in [6.07, 6.45) is 3.53. The summed E-state index contributed by atoms with van der Waals surface area (Å²) in [5.74, 6) is 0. The highest BCUT2D eigenvalue weighted by Crippen LogP contribution is 2.21. The fourth-order valence-corrected chi connectivity index (χ4v) is 1.80. The van der Waals surface area contributed by atoms with Crippen molar-refractivity contribution < 1.29 is 4.92 Å². The maximum Gasteiger partial charge on any atom is 0.310 e. The number of pyridine rings is 1. The fraction of sp³-hybridized carbons (Fsp3) is 0.154. The third-order valence-corrected chi connectivity index (χ3v) is 2.89. The molecule has 0 amide bonds. The fourth-order valence-electron chi connectivity index (χ4n) is 1.67. The highest BCUT2D eigenvalue weighted by molar-refractivity contribution is 6.30. The predicted molar refractivity (Wildman–Crippen MR) is 74.5 cm³/mol. The van der Waals surface area contributed by atoms with Crippen LogP contribution in [-0.4, -0.2) is 16.5 Å². The minimum Gasteiger partial charge on any atom is -0.379 e. The lowest BCUT2D eigenvalue weighted by Gasteiger charge is -2.06. The van der Waals surface area contributed by atoms with E-state index in [0.717, 1.165) is 12.0 Å². The topological polar surface area (TPSA) is 68.1 Å². The van der Waals surface area contributed by atoms with E-state index in [1.807, 2.05) is 24.3 Å². The summed E-state index contributed by atoms with van der Waals surface area (Å²) in [6, 6.07) is 9.12. The van der Waals surface area contributed by atoms with Crippen LogP contribution in [0.2, 0.25) is 5.02 Å². The number of hydrogen-bond acceptors (Lipinski definition) is 4. The molecule has 0 saturated heterocycles. The Hall–Kier alpha value is -2.14. The molecule has 0 radical (unpaired) electrons. The maximum atomic E-state index is 10.8. The van der Waals surface area contributed by atoms with Gasteiger partial charge in [-0.25, -0.2) is 0 Å². The first-order chi connectivity index (χ1) is 9.16. The van der Waals surface area contributed by atoms with Gasteiger partial charge in [-0.15, -0.1) is 0 Å². The highest BCUT2D eigenvalue weighted by Gasteiger charge is 2.12. The van der Waals surface area contributed by atoms with Gasteiger partial charge in [0, 0.05) is 17.8 Å². The van der Waals surface area contributed by atoms with Crippen LogP contribution in [0, 0.1) is 10.1 Å². The molecular weight excluding hydrogens is 266 g/mol. The summed E-state index contributed by atoms with van der Waals surface area (Å²) in [5, 5.41) is 14.5. The second-order valence-corrected chi connectivity index (χ2v) is 4.39. The maximum absolute atomic E-state index is 10.8. The molecule has 1 N–H and O–H groups in total.